The molecule has 0 aromatic heterocycles. The summed E-state index contributed by atoms with van der Waals surface area (Å²) in [5.74, 6) is -0.559. The number of rotatable bonds is 6. The maximum atomic E-state index is 13.4. The van der Waals surface area contributed by atoms with Gasteiger partial charge in [-0.05, 0) is 24.5 Å². The molecular formula is C15H19FN2O2. The summed E-state index contributed by atoms with van der Waals surface area (Å²) in [7, 11) is 0. The highest BCUT2D eigenvalue weighted by molar-refractivity contribution is 5.78. The number of nitrogens with zero attached hydrogens (tertiary/aromatic N) is 1. The highest BCUT2D eigenvalue weighted by Crippen LogP contribution is 2.26. The zero-order chi connectivity index (χ0) is 14.5. The fraction of sp³-hybridized carbons (Fsp3) is 0.467. The van der Waals surface area contributed by atoms with E-state index in [2.05, 4.69) is 5.32 Å². The van der Waals surface area contributed by atoms with Crippen molar-refractivity contribution in [3.8, 4) is 0 Å². The lowest BCUT2D eigenvalue weighted by atomic mass is 10.1. The summed E-state index contributed by atoms with van der Waals surface area (Å²) in [6.45, 7) is 2.46. The van der Waals surface area contributed by atoms with Crippen molar-refractivity contribution in [1.82, 2.24) is 10.2 Å². The van der Waals surface area contributed by atoms with Gasteiger partial charge in [0.25, 0.3) is 0 Å². The maximum Gasteiger partial charge on any atom is 0.224 e. The molecule has 1 aromatic carbocycles. The largest absolute Gasteiger partial charge is 0.354 e. The molecule has 0 spiro atoms. The molecule has 0 saturated heterocycles. The minimum Gasteiger partial charge on any atom is -0.354 e. The van der Waals surface area contributed by atoms with Crippen LogP contribution in [0.3, 0.4) is 0 Å². The molecule has 0 unspecified atom stereocenters. The van der Waals surface area contributed by atoms with Gasteiger partial charge in [0.1, 0.15) is 5.82 Å². The van der Waals surface area contributed by atoms with Crippen molar-refractivity contribution in [3.05, 3.63) is 35.6 Å². The minimum absolute atomic E-state index is 0.0240. The molecule has 1 aliphatic rings. The third-order valence-electron chi connectivity index (χ3n) is 3.38. The van der Waals surface area contributed by atoms with E-state index >= 15 is 0 Å². The van der Waals surface area contributed by atoms with Crippen molar-refractivity contribution in [2.45, 2.75) is 32.2 Å². The summed E-state index contributed by atoms with van der Waals surface area (Å²) in [6, 6.07) is 6.58. The second-order valence-electron chi connectivity index (χ2n) is 5.06. The third kappa shape index (κ3) is 4.05. The van der Waals surface area contributed by atoms with Crippen LogP contribution in [0.4, 0.5) is 4.39 Å². The maximum absolute atomic E-state index is 13.4. The molecule has 1 aromatic rings. The van der Waals surface area contributed by atoms with Crippen molar-refractivity contribution < 1.29 is 14.0 Å². The van der Waals surface area contributed by atoms with E-state index in [9.17, 15) is 14.0 Å². The Bertz CT molecular complexity index is 500. The lowest BCUT2D eigenvalue weighted by Crippen LogP contribution is -2.39. The van der Waals surface area contributed by atoms with Crippen molar-refractivity contribution in [2.24, 2.45) is 0 Å². The summed E-state index contributed by atoms with van der Waals surface area (Å²) in [5.41, 5.74) is 0.385. The van der Waals surface area contributed by atoms with Crippen molar-refractivity contribution >= 4 is 11.8 Å². The molecule has 1 fully saturated rings. The number of halogens is 1. The number of hydrogen-bond acceptors (Lipinski definition) is 2. The molecule has 108 valence electrons. The van der Waals surface area contributed by atoms with Crippen molar-refractivity contribution in [2.75, 3.05) is 13.1 Å². The van der Waals surface area contributed by atoms with Gasteiger partial charge in [0.15, 0.2) is 0 Å². The number of benzene rings is 1. The fourth-order valence-electron chi connectivity index (χ4n) is 2.18. The number of nitrogens with one attached hydrogen (secondary N) is 1. The Morgan fingerprint density at radius 1 is 1.35 bits per heavy atom. The third-order valence-corrected chi connectivity index (χ3v) is 3.38. The summed E-state index contributed by atoms with van der Waals surface area (Å²) < 4.78 is 13.4. The Balaban J connectivity index is 1.75. The van der Waals surface area contributed by atoms with Gasteiger partial charge in [-0.1, -0.05) is 18.2 Å². The SMILES string of the molecule is CC(=O)N(CCNC(=O)Cc1ccccc1F)C1CC1. The van der Waals surface area contributed by atoms with Gasteiger partial charge in [-0.2, -0.15) is 0 Å². The topological polar surface area (TPSA) is 49.4 Å². The van der Waals surface area contributed by atoms with Crippen LogP contribution >= 0.6 is 0 Å². The molecule has 1 N–H and O–H groups in total. The van der Waals surface area contributed by atoms with Gasteiger partial charge in [0.05, 0.1) is 6.42 Å². The van der Waals surface area contributed by atoms with Crippen LogP contribution in [-0.4, -0.2) is 35.8 Å². The lowest BCUT2D eigenvalue weighted by Gasteiger charge is -2.20. The molecule has 0 atom stereocenters. The highest BCUT2D eigenvalue weighted by atomic mass is 19.1. The van der Waals surface area contributed by atoms with Crippen LogP contribution in [0.15, 0.2) is 24.3 Å². The van der Waals surface area contributed by atoms with E-state index in [0.29, 0.717) is 24.7 Å². The lowest BCUT2D eigenvalue weighted by molar-refractivity contribution is -0.130. The number of carbonyl (C=O) groups is 2. The molecule has 0 radical (unpaired) electrons. The number of amides is 2. The van der Waals surface area contributed by atoms with Crippen LogP contribution in [-0.2, 0) is 16.0 Å². The summed E-state index contributed by atoms with van der Waals surface area (Å²) in [4.78, 5) is 24.9. The molecule has 1 aliphatic carbocycles. The first-order valence-electron chi connectivity index (χ1n) is 6.85. The van der Waals surface area contributed by atoms with E-state index in [-0.39, 0.29) is 24.1 Å². The smallest absolute Gasteiger partial charge is 0.224 e. The molecule has 2 amide bonds. The summed E-state index contributed by atoms with van der Waals surface area (Å²) >= 11 is 0. The molecule has 0 heterocycles. The van der Waals surface area contributed by atoms with Gasteiger partial charge in [-0.15, -0.1) is 0 Å². The number of hydrogen-bond donors (Lipinski definition) is 1. The van der Waals surface area contributed by atoms with Crippen LogP contribution < -0.4 is 5.32 Å². The monoisotopic (exact) mass is 278 g/mol. The molecule has 0 aliphatic heterocycles. The Labute approximate surface area is 118 Å². The fourth-order valence-corrected chi connectivity index (χ4v) is 2.18. The van der Waals surface area contributed by atoms with E-state index in [0.717, 1.165) is 12.8 Å². The average molecular weight is 278 g/mol. The predicted octanol–water partition coefficient (Wildman–Crippen LogP) is 1.50. The Morgan fingerprint density at radius 3 is 2.65 bits per heavy atom. The first-order valence-corrected chi connectivity index (χ1v) is 6.85. The second-order valence-corrected chi connectivity index (χ2v) is 5.06. The van der Waals surface area contributed by atoms with Gasteiger partial charge in [-0.3, -0.25) is 9.59 Å². The minimum atomic E-state index is -0.369. The zero-order valence-electron chi connectivity index (χ0n) is 11.6. The quantitative estimate of drug-likeness (QED) is 0.857. The molecule has 0 bridgehead atoms. The average Bonchev–Trinajstić information content (AvgIpc) is 3.21. The van der Waals surface area contributed by atoms with E-state index in [1.165, 1.54) is 6.07 Å². The van der Waals surface area contributed by atoms with E-state index < -0.39 is 0 Å². The predicted molar refractivity (Wildman–Crippen MR) is 73.5 cm³/mol. The van der Waals surface area contributed by atoms with Crippen LogP contribution in [0.25, 0.3) is 0 Å². The molecule has 20 heavy (non-hydrogen) atoms. The Hall–Kier alpha value is -1.91. The highest BCUT2D eigenvalue weighted by Gasteiger charge is 2.30. The van der Waals surface area contributed by atoms with Crippen LogP contribution in [0, 0.1) is 5.82 Å². The van der Waals surface area contributed by atoms with E-state index in [4.69, 9.17) is 0 Å². The van der Waals surface area contributed by atoms with Crippen LogP contribution in [0.2, 0.25) is 0 Å². The van der Waals surface area contributed by atoms with E-state index in [1.54, 1.807) is 30.0 Å². The van der Waals surface area contributed by atoms with Gasteiger partial charge in [-0.25, -0.2) is 4.39 Å². The van der Waals surface area contributed by atoms with Gasteiger partial charge < -0.3 is 10.2 Å². The molecule has 2 rings (SSSR count). The second kappa shape index (κ2) is 6.50. The summed E-state index contributed by atoms with van der Waals surface area (Å²) in [5, 5.41) is 2.73. The van der Waals surface area contributed by atoms with Gasteiger partial charge in [0.2, 0.25) is 11.8 Å². The van der Waals surface area contributed by atoms with Crippen molar-refractivity contribution in [1.29, 1.82) is 0 Å². The van der Waals surface area contributed by atoms with Gasteiger partial charge in [0, 0.05) is 26.1 Å². The van der Waals surface area contributed by atoms with Gasteiger partial charge >= 0.3 is 0 Å². The van der Waals surface area contributed by atoms with E-state index in [1.807, 2.05) is 0 Å². The summed E-state index contributed by atoms with van der Waals surface area (Å²) in [6.07, 6.45) is 2.11. The first kappa shape index (κ1) is 14.5. The van der Waals surface area contributed by atoms with Crippen LogP contribution in [0.1, 0.15) is 25.3 Å². The van der Waals surface area contributed by atoms with Crippen molar-refractivity contribution in [3.63, 3.8) is 0 Å². The normalized spacial score (nSPS) is 13.9. The molecule has 4 nitrogen and oxygen atoms in total. The molecular weight excluding hydrogens is 259 g/mol. The standard InChI is InChI=1S/C15H19FN2O2/c1-11(19)18(13-6-7-13)9-8-17-15(20)10-12-4-2-3-5-14(12)16/h2-5,13H,6-10H2,1H3,(H,17,20). The molecule has 5 heteroatoms. The Morgan fingerprint density at radius 2 is 2.05 bits per heavy atom. The van der Waals surface area contributed by atoms with Crippen LogP contribution in [0.5, 0.6) is 0 Å². The molecule has 1 saturated carbocycles. The number of carbonyl (C=O) groups excluding carboxylic acids is 2. The zero-order valence-corrected chi connectivity index (χ0v) is 11.6. The Kier molecular flexibility index (Phi) is 4.71. The first-order chi connectivity index (χ1) is 9.58.